The van der Waals surface area contributed by atoms with Gasteiger partial charge in [-0.3, -0.25) is 19.8 Å². The summed E-state index contributed by atoms with van der Waals surface area (Å²) in [5, 5.41) is 21.1. The van der Waals surface area contributed by atoms with Crippen molar-refractivity contribution in [3.8, 4) is 0 Å². The van der Waals surface area contributed by atoms with Crippen LogP contribution in [0.15, 0.2) is 18.2 Å². The highest BCUT2D eigenvalue weighted by atomic mass is 16.6. The molecular formula is C26H39N5O8. The molecule has 216 valence electrons. The molecule has 1 saturated heterocycles. The molecule has 0 bridgehead atoms. The molecule has 2 atom stereocenters. The van der Waals surface area contributed by atoms with Gasteiger partial charge >= 0.3 is 12.1 Å². The molecule has 0 saturated carbocycles. The second-order valence-electron chi connectivity index (χ2n) is 10.3. The van der Waals surface area contributed by atoms with Gasteiger partial charge in [-0.25, -0.2) is 9.59 Å². The smallest absolute Gasteiger partial charge is 0.407 e. The number of piperidine rings is 1. The zero-order valence-electron chi connectivity index (χ0n) is 22.7. The number of carbonyl (C=O) groups excluding carboxylic acids is 4. The first-order chi connectivity index (χ1) is 18.5. The summed E-state index contributed by atoms with van der Waals surface area (Å²) in [6, 6.07) is 4.62. The summed E-state index contributed by atoms with van der Waals surface area (Å²) in [6.45, 7) is 8.07. The molecule has 2 heterocycles. The van der Waals surface area contributed by atoms with E-state index in [1.807, 2.05) is 12.1 Å². The maximum absolute atomic E-state index is 12.2. The highest BCUT2D eigenvalue weighted by Crippen LogP contribution is 2.35. The number of nitrogens with one attached hydrogen (secondary N) is 4. The number of aliphatic hydroxyl groups is 1. The normalized spacial score (nSPS) is 19.3. The molecule has 1 aromatic rings. The third kappa shape index (κ3) is 9.77. The molecule has 3 rings (SSSR count). The number of aliphatic hydroxyl groups excluding tert-OH is 1. The standard InChI is InChI=1S/C26H39N5O8/c1-26(2,3)39-25(36)28-9-11-38-13-12-37-10-8-27-24(35)29-15-17-4-5-19-18(14-17)16-31(23(19)34)20-6-7-21(32)30-22(20)33/h4-5,14,20,23,34H,6-13,15-16H2,1-3H3,(H,28,36)(H2,27,29,35)(H,30,32,33). The van der Waals surface area contributed by atoms with E-state index in [2.05, 4.69) is 21.3 Å². The van der Waals surface area contributed by atoms with Crippen LogP contribution in [0.2, 0.25) is 0 Å². The Morgan fingerprint density at radius 2 is 1.74 bits per heavy atom. The molecule has 2 aliphatic heterocycles. The van der Waals surface area contributed by atoms with Crippen LogP contribution in [0.4, 0.5) is 9.59 Å². The van der Waals surface area contributed by atoms with Crippen LogP contribution in [0, 0.1) is 0 Å². The zero-order valence-corrected chi connectivity index (χ0v) is 22.7. The maximum Gasteiger partial charge on any atom is 0.407 e. The van der Waals surface area contributed by atoms with Crippen molar-refractivity contribution >= 4 is 23.9 Å². The molecule has 2 unspecified atom stereocenters. The summed E-state index contributed by atoms with van der Waals surface area (Å²) in [5.74, 6) is -0.683. The third-order valence-corrected chi connectivity index (χ3v) is 6.03. The minimum Gasteiger partial charge on any atom is -0.444 e. The van der Waals surface area contributed by atoms with Crippen LogP contribution in [-0.4, -0.2) is 85.1 Å². The average molecular weight is 550 g/mol. The number of imide groups is 1. The Hall–Kier alpha value is -3.26. The molecule has 1 aromatic carbocycles. The second-order valence-corrected chi connectivity index (χ2v) is 10.3. The van der Waals surface area contributed by atoms with Gasteiger partial charge in [0.1, 0.15) is 11.8 Å². The van der Waals surface area contributed by atoms with Crippen molar-refractivity contribution in [2.45, 2.75) is 64.6 Å². The van der Waals surface area contributed by atoms with E-state index in [9.17, 15) is 24.3 Å². The SMILES string of the molecule is CC(C)(C)OC(=O)NCCOCCOCCNC(=O)NCc1ccc2c(c1)CN(C1CCC(=O)NC1=O)C2O. The maximum atomic E-state index is 12.2. The Kier molecular flexibility index (Phi) is 11.0. The van der Waals surface area contributed by atoms with Crippen molar-refractivity contribution in [3.05, 3.63) is 34.9 Å². The van der Waals surface area contributed by atoms with Crippen LogP contribution in [-0.2, 0) is 36.9 Å². The van der Waals surface area contributed by atoms with Gasteiger partial charge in [0.15, 0.2) is 0 Å². The molecule has 0 aromatic heterocycles. The second kappa shape index (κ2) is 14.2. The fourth-order valence-electron chi connectivity index (χ4n) is 4.24. The number of carbonyl (C=O) groups is 4. The van der Waals surface area contributed by atoms with E-state index >= 15 is 0 Å². The topological polar surface area (TPSA) is 168 Å². The third-order valence-electron chi connectivity index (χ3n) is 6.03. The van der Waals surface area contributed by atoms with Gasteiger partial charge < -0.3 is 35.3 Å². The Balaban J connectivity index is 1.25. The van der Waals surface area contributed by atoms with Crippen LogP contribution < -0.4 is 21.3 Å². The number of nitrogens with zero attached hydrogens (tertiary/aromatic N) is 1. The summed E-state index contributed by atoms with van der Waals surface area (Å²) in [7, 11) is 0. The van der Waals surface area contributed by atoms with Gasteiger partial charge in [-0.1, -0.05) is 18.2 Å². The number of ether oxygens (including phenoxy) is 3. The molecule has 0 spiro atoms. The number of rotatable bonds is 12. The quantitative estimate of drug-likeness (QED) is 0.186. The first kappa shape index (κ1) is 30.3. The molecule has 39 heavy (non-hydrogen) atoms. The van der Waals surface area contributed by atoms with E-state index < -0.39 is 24.0 Å². The number of hydrogen-bond donors (Lipinski definition) is 5. The number of amides is 5. The van der Waals surface area contributed by atoms with Gasteiger partial charge in [-0.15, -0.1) is 0 Å². The summed E-state index contributed by atoms with van der Waals surface area (Å²) in [6.07, 6.45) is -0.797. The van der Waals surface area contributed by atoms with Crippen LogP contribution >= 0.6 is 0 Å². The van der Waals surface area contributed by atoms with Crippen LogP contribution in [0.1, 0.15) is 56.5 Å². The zero-order chi connectivity index (χ0) is 28.4. The Labute approximate surface area is 227 Å². The lowest BCUT2D eigenvalue weighted by molar-refractivity contribution is -0.141. The van der Waals surface area contributed by atoms with E-state index in [4.69, 9.17) is 14.2 Å². The van der Waals surface area contributed by atoms with E-state index in [1.165, 1.54) is 0 Å². The Morgan fingerprint density at radius 1 is 1.05 bits per heavy atom. The highest BCUT2D eigenvalue weighted by Gasteiger charge is 2.39. The largest absolute Gasteiger partial charge is 0.444 e. The van der Waals surface area contributed by atoms with Crippen LogP contribution in [0.25, 0.3) is 0 Å². The van der Waals surface area contributed by atoms with Gasteiger partial charge in [0.25, 0.3) is 0 Å². The summed E-state index contributed by atoms with van der Waals surface area (Å²) < 4.78 is 15.9. The molecule has 5 N–H and O–H groups in total. The number of hydrogen-bond acceptors (Lipinski definition) is 9. The van der Waals surface area contributed by atoms with Gasteiger partial charge in [0.2, 0.25) is 11.8 Å². The summed E-state index contributed by atoms with van der Waals surface area (Å²) in [4.78, 5) is 48.9. The molecule has 13 nitrogen and oxygen atoms in total. The fraction of sp³-hybridized carbons (Fsp3) is 0.615. The van der Waals surface area contributed by atoms with Gasteiger partial charge in [-0.2, -0.15) is 0 Å². The Bertz CT molecular complexity index is 1030. The van der Waals surface area contributed by atoms with E-state index in [0.717, 1.165) is 11.1 Å². The van der Waals surface area contributed by atoms with Gasteiger partial charge in [0.05, 0.1) is 32.5 Å². The molecule has 1 fully saturated rings. The predicted molar refractivity (Wildman–Crippen MR) is 139 cm³/mol. The fourth-order valence-corrected chi connectivity index (χ4v) is 4.24. The lowest BCUT2D eigenvalue weighted by Crippen LogP contribution is -2.51. The summed E-state index contributed by atoms with van der Waals surface area (Å²) in [5.41, 5.74) is 1.91. The average Bonchev–Trinajstić information content (AvgIpc) is 3.18. The van der Waals surface area contributed by atoms with E-state index in [1.54, 1.807) is 31.7 Å². The monoisotopic (exact) mass is 549 g/mol. The molecule has 5 amide bonds. The van der Waals surface area contributed by atoms with E-state index in [0.29, 0.717) is 64.6 Å². The predicted octanol–water partition coefficient (Wildman–Crippen LogP) is 0.655. The molecule has 13 heteroatoms. The number of fused-ring (bicyclic) bond motifs is 1. The first-order valence-electron chi connectivity index (χ1n) is 13.1. The summed E-state index contributed by atoms with van der Waals surface area (Å²) >= 11 is 0. The number of benzene rings is 1. The van der Waals surface area contributed by atoms with Crippen molar-refractivity contribution in [3.63, 3.8) is 0 Å². The molecule has 0 aliphatic carbocycles. The van der Waals surface area contributed by atoms with Gasteiger partial charge in [0, 0.05) is 32.6 Å². The minimum atomic E-state index is -0.923. The highest BCUT2D eigenvalue weighted by molar-refractivity contribution is 6.00. The number of alkyl carbamates (subject to hydrolysis) is 1. The lowest BCUT2D eigenvalue weighted by Gasteiger charge is -2.31. The first-order valence-corrected chi connectivity index (χ1v) is 13.1. The van der Waals surface area contributed by atoms with E-state index in [-0.39, 0.29) is 24.3 Å². The van der Waals surface area contributed by atoms with Crippen molar-refractivity contribution < 1.29 is 38.5 Å². The molecule has 0 radical (unpaired) electrons. The van der Waals surface area contributed by atoms with Crippen LogP contribution in [0.5, 0.6) is 0 Å². The van der Waals surface area contributed by atoms with Crippen LogP contribution in [0.3, 0.4) is 0 Å². The van der Waals surface area contributed by atoms with Gasteiger partial charge in [-0.05, 0) is 43.9 Å². The minimum absolute atomic E-state index is 0.244. The number of urea groups is 1. The molecule has 2 aliphatic rings. The Morgan fingerprint density at radius 3 is 2.41 bits per heavy atom. The van der Waals surface area contributed by atoms with Crippen molar-refractivity contribution in [1.29, 1.82) is 0 Å². The molecular weight excluding hydrogens is 510 g/mol. The van der Waals surface area contributed by atoms with Crippen molar-refractivity contribution in [2.24, 2.45) is 0 Å². The lowest BCUT2D eigenvalue weighted by atomic mass is 10.0. The van der Waals surface area contributed by atoms with Crippen molar-refractivity contribution in [2.75, 3.05) is 39.5 Å². The van der Waals surface area contributed by atoms with Crippen molar-refractivity contribution in [1.82, 2.24) is 26.2 Å².